The minimum absolute atomic E-state index is 0.195. The van der Waals surface area contributed by atoms with E-state index in [1.165, 1.54) is 20.1 Å². The predicted molar refractivity (Wildman–Crippen MR) is 71.8 cm³/mol. The molecule has 1 rings (SSSR count). The second kappa shape index (κ2) is 6.31. The van der Waals surface area contributed by atoms with E-state index in [0.717, 1.165) is 6.07 Å². The van der Waals surface area contributed by atoms with E-state index in [-0.39, 0.29) is 17.9 Å². The van der Waals surface area contributed by atoms with Gasteiger partial charge in [-0.3, -0.25) is 0 Å². The average molecular weight is 290 g/mol. The molecule has 0 heterocycles. The van der Waals surface area contributed by atoms with Gasteiger partial charge in [-0.05, 0) is 31.0 Å². The van der Waals surface area contributed by atoms with E-state index in [1.807, 2.05) is 6.92 Å². The molecule has 1 unspecified atom stereocenters. The van der Waals surface area contributed by atoms with Gasteiger partial charge in [-0.1, -0.05) is 6.92 Å². The fourth-order valence-corrected chi connectivity index (χ4v) is 3.17. The molecular formula is C12H19FN2O3S. The van der Waals surface area contributed by atoms with E-state index < -0.39 is 26.8 Å². The van der Waals surface area contributed by atoms with E-state index in [9.17, 15) is 12.8 Å². The van der Waals surface area contributed by atoms with Gasteiger partial charge in [0.2, 0.25) is 10.0 Å². The lowest BCUT2D eigenvalue weighted by Crippen LogP contribution is -2.37. The molecular weight excluding hydrogens is 271 g/mol. The van der Waals surface area contributed by atoms with E-state index in [4.69, 9.17) is 10.5 Å². The number of nitrogens with one attached hydrogen (secondary N) is 1. The third-order valence-corrected chi connectivity index (χ3v) is 4.24. The van der Waals surface area contributed by atoms with Crippen LogP contribution in [0.3, 0.4) is 0 Å². The highest BCUT2D eigenvalue weighted by molar-refractivity contribution is 7.89. The highest BCUT2D eigenvalue weighted by Crippen LogP contribution is 2.21. The molecule has 0 aliphatic carbocycles. The molecule has 1 aromatic rings. The molecule has 5 nitrogen and oxygen atoms in total. The lowest BCUT2D eigenvalue weighted by molar-refractivity contribution is 0.173. The average Bonchev–Trinajstić information content (AvgIpc) is 2.32. The molecule has 108 valence electrons. The summed E-state index contributed by atoms with van der Waals surface area (Å²) in [6.45, 7) is 3.50. The first-order valence-corrected chi connectivity index (χ1v) is 7.37. The van der Waals surface area contributed by atoms with E-state index in [1.54, 1.807) is 0 Å². The molecule has 0 radical (unpaired) electrons. The Balaban J connectivity index is 3.13. The number of ether oxygens (including phenoxy) is 1. The van der Waals surface area contributed by atoms with Gasteiger partial charge in [-0.15, -0.1) is 0 Å². The molecule has 1 aromatic carbocycles. The number of benzene rings is 1. The first-order valence-electron chi connectivity index (χ1n) is 5.88. The van der Waals surface area contributed by atoms with E-state index >= 15 is 0 Å². The van der Waals surface area contributed by atoms with Crippen molar-refractivity contribution in [1.82, 2.24) is 4.72 Å². The van der Waals surface area contributed by atoms with Gasteiger partial charge >= 0.3 is 0 Å². The maximum absolute atomic E-state index is 13.9. The summed E-state index contributed by atoms with van der Waals surface area (Å²) in [5.74, 6) is -0.783. The summed E-state index contributed by atoms with van der Waals surface area (Å²) >= 11 is 0. The van der Waals surface area contributed by atoms with Gasteiger partial charge in [0.05, 0.1) is 6.61 Å². The second-order valence-electron chi connectivity index (χ2n) is 4.33. The van der Waals surface area contributed by atoms with Crippen LogP contribution in [-0.4, -0.2) is 28.2 Å². The van der Waals surface area contributed by atoms with Crippen LogP contribution in [0.15, 0.2) is 17.0 Å². The van der Waals surface area contributed by atoms with Crippen LogP contribution in [0.2, 0.25) is 0 Å². The molecule has 0 aliphatic heterocycles. The van der Waals surface area contributed by atoms with Crippen LogP contribution in [-0.2, 0) is 14.8 Å². The Morgan fingerprint density at radius 3 is 2.63 bits per heavy atom. The largest absolute Gasteiger partial charge is 0.399 e. The monoisotopic (exact) mass is 290 g/mol. The zero-order valence-corrected chi connectivity index (χ0v) is 12.1. The third kappa shape index (κ3) is 3.89. The molecule has 0 amide bonds. The Hall–Kier alpha value is -1.18. The molecule has 0 bridgehead atoms. The number of aryl methyl sites for hydroxylation is 1. The fourth-order valence-electron chi connectivity index (χ4n) is 1.68. The number of sulfonamides is 1. The van der Waals surface area contributed by atoms with Crippen molar-refractivity contribution in [3.8, 4) is 0 Å². The van der Waals surface area contributed by atoms with Crippen molar-refractivity contribution in [2.75, 3.05) is 19.5 Å². The van der Waals surface area contributed by atoms with Gasteiger partial charge in [0.25, 0.3) is 0 Å². The topological polar surface area (TPSA) is 81.4 Å². The minimum atomic E-state index is -3.95. The zero-order chi connectivity index (χ0) is 14.6. The molecule has 0 fully saturated rings. The first-order chi connectivity index (χ1) is 8.81. The lowest BCUT2D eigenvalue weighted by Gasteiger charge is -2.17. The standard InChI is InChI=1S/C12H19FN2O3S/c1-4-10(7-18-3)15-19(16,17)11-6-9(14)5-8(2)12(11)13/h5-6,10,15H,4,7,14H2,1-3H3. The summed E-state index contributed by atoms with van der Waals surface area (Å²) in [6, 6.07) is 2.10. The molecule has 0 spiro atoms. The summed E-state index contributed by atoms with van der Waals surface area (Å²) in [5.41, 5.74) is 5.97. The van der Waals surface area contributed by atoms with Crippen molar-refractivity contribution in [1.29, 1.82) is 0 Å². The van der Waals surface area contributed by atoms with Crippen LogP contribution < -0.4 is 10.5 Å². The van der Waals surface area contributed by atoms with Crippen LogP contribution in [0, 0.1) is 12.7 Å². The first kappa shape index (κ1) is 15.9. The van der Waals surface area contributed by atoms with Crippen molar-refractivity contribution in [3.63, 3.8) is 0 Å². The third-order valence-electron chi connectivity index (χ3n) is 2.72. The van der Waals surface area contributed by atoms with Crippen molar-refractivity contribution < 1.29 is 17.5 Å². The zero-order valence-electron chi connectivity index (χ0n) is 11.2. The van der Waals surface area contributed by atoms with Crippen molar-refractivity contribution >= 4 is 15.7 Å². The molecule has 0 aromatic heterocycles. The lowest BCUT2D eigenvalue weighted by atomic mass is 10.2. The van der Waals surface area contributed by atoms with Gasteiger partial charge < -0.3 is 10.5 Å². The number of methoxy groups -OCH3 is 1. The van der Waals surface area contributed by atoms with Gasteiger partial charge in [-0.2, -0.15) is 0 Å². The normalized spacial score (nSPS) is 13.5. The summed E-state index contributed by atoms with van der Waals surface area (Å²) in [6.07, 6.45) is 0.538. The number of rotatable bonds is 6. The maximum Gasteiger partial charge on any atom is 0.243 e. The Bertz CT molecular complexity index is 546. The number of hydrogen-bond acceptors (Lipinski definition) is 4. The molecule has 1 atom stereocenters. The van der Waals surface area contributed by atoms with Crippen molar-refractivity contribution in [2.24, 2.45) is 0 Å². The Morgan fingerprint density at radius 1 is 1.47 bits per heavy atom. The highest BCUT2D eigenvalue weighted by atomic mass is 32.2. The SMILES string of the molecule is CCC(COC)NS(=O)(=O)c1cc(N)cc(C)c1F. The summed E-state index contributed by atoms with van der Waals surface area (Å²) < 4.78 is 45.5. The van der Waals surface area contributed by atoms with E-state index in [2.05, 4.69) is 4.72 Å². The van der Waals surface area contributed by atoms with Crippen LogP contribution in [0.1, 0.15) is 18.9 Å². The number of nitrogen functional groups attached to an aromatic ring is 1. The Kier molecular flexibility index (Phi) is 5.28. The van der Waals surface area contributed by atoms with Crippen LogP contribution in [0.4, 0.5) is 10.1 Å². The van der Waals surface area contributed by atoms with Gasteiger partial charge in [0.1, 0.15) is 10.7 Å². The highest BCUT2D eigenvalue weighted by Gasteiger charge is 2.24. The number of nitrogens with two attached hydrogens (primary N) is 1. The van der Waals surface area contributed by atoms with Crippen LogP contribution >= 0.6 is 0 Å². The van der Waals surface area contributed by atoms with Gasteiger partial charge in [0.15, 0.2) is 0 Å². The molecule has 3 N–H and O–H groups in total. The number of hydrogen-bond donors (Lipinski definition) is 2. The summed E-state index contributed by atoms with van der Waals surface area (Å²) in [5, 5.41) is 0. The molecule has 0 saturated heterocycles. The predicted octanol–water partition coefficient (Wildman–Crippen LogP) is 1.42. The fraction of sp³-hybridized carbons (Fsp3) is 0.500. The molecule has 0 saturated carbocycles. The molecule has 19 heavy (non-hydrogen) atoms. The van der Waals surface area contributed by atoms with Gasteiger partial charge in [-0.25, -0.2) is 17.5 Å². The van der Waals surface area contributed by atoms with Crippen molar-refractivity contribution in [3.05, 3.63) is 23.5 Å². The summed E-state index contributed by atoms with van der Waals surface area (Å²) in [7, 11) is -2.48. The summed E-state index contributed by atoms with van der Waals surface area (Å²) in [4.78, 5) is -0.431. The van der Waals surface area contributed by atoms with Crippen LogP contribution in [0.5, 0.6) is 0 Å². The van der Waals surface area contributed by atoms with E-state index in [0.29, 0.717) is 6.42 Å². The van der Waals surface area contributed by atoms with Crippen molar-refractivity contribution in [2.45, 2.75) is 31.2 Å². The minimum Gasteiger partial charge on any atom is -0.399 e. The Labute approximate surface area is 113 Å². The Morgan fingerprint density at radius 2 is 2.11 bits per heavy atom. The molecule has 7 heteroatoms. The molecule has 0 aliphatic rings. The second-order valence-corrected chi connectivity index (χ2v) is 6.01. The number of anilines is 1. The smallest absolute Gasteiger partial charge is 0.243 e. The number of halogens is 1. The van der Waals surface area contributed by atoms with Gasteiger partial charge in [0, 0.05) is 18.8 Å². The van der Waals surface area contributed by atoms with Crippen LogP contribution in [0.25, 0.3) is 0 Å². The quantitative estimate of drug-likeness (QED) is 0.776. The maximum atomic E-state index is 13.9.